The van der Waals surface area contributed by atoms with Crippen molar-refractivity contribution in [3.8, 4) is 0 Å². The summed E-state index contributed by atoms with van der Waals surface area (Å²) in [6.45, 7) is 1.87. The van der Waals surface area contributed by atoms with E-state index in [1.165, 1.54) is 0 Å². The molecule has 0 amide bonds. The van der Waals surface area contributed by atoms with E-state index in [2.05, 4.69) is 0 Å². The van der Waals surface area contributed by atoms with Crippen molar-refractivity contribution >= 4 is 16.1 Å². The van der Waals surface area contributed by atoms with E-state index in [1.54, 1.807) is 0 Å². The lowest BCUT2D eigenvalue weighted by molar-refractivity contribution is 0.00729. The smallest absolute Gasteiger partial charge is 0.388 e. The minimum atomic E-state index is -1.81. The lowest BCUT2D eigenvalue weighted by atomic mass is 10.3. The largest absolute Gasteiger partial charge is 0.615 e. The Morgan fingerprint density at radius 3 is 1.67 bits per heavy atom. The quantitative estimate of drug-likeness (QED) is 0.390. The van der Waals surface area contributed by atoms with Crippen LogP contribution in [0.15, 0.2) is 0 Å². The van der Waals surface area contributed by atoms with Gasteiger partial charge in [-0.2, -0.15) is 0 Å². The summed E-state index contributed by atoms with van der Waals surface area (Å²) in [6.07, 6.45) is 0. The van der Waals surface area contributed by atoms with Crippen LogP contribution in [-0.4, -0.2) is 16.1 Å². The van der Waals surface area contributed by atoms with Gasteiger partial charge in [-0.1, -0.05) is 0 Å². The zero-order valence-corrected chi connectivity index (χ0v) is 4.30. The first kappa shape index (κ1) is 3.20. The maximum Gasteiger partial charge on any atom is 0.615 e. The highest BCUT2D eigenvalue weighted by Crippen LogP contribution is 2.36. The number of rotatable bonds is 0. The highest BCUT2D eigenvalue weighted by Gasteiger charge is 2.69. The van der Waals surface area contributed by atoms with Crippen molar-refractivity contribution in [2.75, 3.05) is 0 Å². The van der Waals surface area contributed by atoms with Gasteiger partial charge in [0.25, 0.3) is 0 Å². The van der Waals surface area contributed by atoms with Crippen LogP contribution in [0.2, 0.25) is 6.55 Å². The second-order valence-electron chi connectivity index (χ2n) is 1.50. The lowest BCUT2D eigenvalue weighted by Gasteiger charge is -2.51. The molecule has 0 radical (unpaired) electrons. The molecular weight excluding hydrogens is 98.9 g/mol. The zero-order chi connectivity index (χ0) is 4.20. The molecule has 0 aromatic carbocycles. The molecule has 0 N–H and O–H groups in total. The highest BCUT2D eigenvalue weighted by atomic mass is 28.4. The minimum Gasteiger partial charge on any atom is -0.388 e. The Hall–Kier alpha value is 0.162. The summed E-state index contributed by atoms with van der Waals surface area (Å²) in [6, 6.07) is 0. The fourth-order valence-corrected chi connectivity index (χ4v) is 1.65. The van der Waals surface area contributed by atoms with E-state index < -0.39 is 8.80 Å². The number of hydrogen-bond donors (Lipinski definition) is 0. The predicted molar refractivity (Wildman–Crippen MR) is 20.6 cm³/mol. The van der Waals surface area contributed by atoms with Crippen LogP contribution in [0.4, 0.5) is 0 Å². The van der Waals surface area contributed by atoms with Crippen molar-refractivity contribution < 1.29 is 13.0 Å². The SMILES string of the molecule is C[Si]12OB(O1)O2. The molecule has 0 atom stereocenters. The molecule has 3 heterocycles. The maximum atomic E-state index is 4.91. The Morgan fingerprint density at radius 1 is 1.33 bits per heavy atom. The fraction of sp³-hybridized carbons (Fsp3) is 1.00. The van der Waals surface area contributed by atoms with E-state index in [9.17, 15) is 0 Å². The average Bonchev–Trinajstić information content (AvgIpc) is 1.24. The van der Waals surface area contributed by atoms with E-state index >= 15 is 0 Å². The average molecular weight is 102 g/mol. The van der Waals surface area contributed by atoms with E-state index in [0.717, 1.165) is 0 Å². The molecule has 0 saturated carbocycles. The first-order valence-electron chi connectivity index (χ1n) is 1.82. The molecule has 5 heteroatoms. The van der Waals surface area contributed by atoms with Crippen molar-refractivity contribution in [3.05, 3.63) is 0 Å². The molecule has 3 aliphatic rings. The van der Waals surface area contributed by atoms with Crippen molar-refractivity contribution in [3.63, 3.8) is 0 Å². The molecule has 0 unspecified atom stereocenters. The normalized spacial score (nSPS) is 34.5. The molecule has 6 heavy (non-hydrogen) atoms. The number of hydrogen-bond acceptors (Lipinski definition) is 3. The predicted octanol–water partition coefficient (Wildman–Crippen LogP) is -0.383. The van der Waals surface area contributed by atoms with Crippen molar-refractivity contribution in [1.82, 2.24) is 0 Å². The van der Waals surface area contributed by atoms with Crippen LogP contribution in [0.25, 0.3) is 0 Å². The van der Waals surface area contributed by atoms with Crippen molar-refractivity contribution in [2.45, 2.75) is 6.55 Å². The maximum absolute atomic E-state index is 4.91. The van der Waals surface area contributed by atoms with E-state index in [0.29, 0.717) is 0 Å². The van der Waals surface area contributed by atoms with Crippen LogP contribution in [0.3, 0.4) is 0 Å². The molecule has 0 aromatic rings. The van der Waals surface area contributed by atoms with Gasteiger partial charge in [-0.3, -0.25) is 0 Å². The van der Waals surface area contributed by atoms with Crippen molar-refractivity contribution in [1.29, 1.82) is 0 Å². The molecule has 3 rings (SSSR count). The summed E-state index contributed by atoms with van der Waals surface area (Å²) in [5.74, 6) is 0. The lowest BCUT2D eigenvalue weighted by Crippen LogP contribution is -2.77. The molecular formula is CH3BO3Si. The van der Waals surface area contributed by atoms with Gasteiger partial charge in [0.2, 0.25) is 0 Å². The van der Waals surface area contributed by atoms with Crippen molar-refractivity contribution in [2.24, 2.45) is 0 Å². The summed E-state index contributed by atoms with van der Waals surface area (Å²) in [5, 5.41) is 0. The summed E-state index contributed by atoms with van der Waals surface area (Å²) in [7, 11) is -2.07. The Morgan fingerprint density at radius 2 is 1.67 bits per heavy atom. The minimum absolute atomic E-state index is 0.262. The van der Waals surface area contributed by atoms with Gasteiger partial charge in [0, 0.05) is 6.55 Å². The topological polar surface area (TPSA) is 27.7 Å². The van der Waals surface area contributed by atoms with Crippen LogP contribution in [-0.2, 0) is 13.0 Å². The summed E-state index contributed by atoms with van der Waals surface area (Å²) < 4.78 is 14.7. The Bertz CT molecular complexity index is 77.8. The fourth-order valence-electron chi connectivity index (χ4n) is 0.551. The van der Waals surface area contributed by atoms with Crippen LogP contribution in [0, 0.1) is 0 Å². The summed E-state index contributed by atoms with van der Waals surface area (Å²) in [5.41, 5.74) is 0. The zero-order valence-electron chi connectivity index (χ0n) is 3.30. The van der Waals surface area contributed by atoms with E-state index in [1.807, 2.05) is 6.55 Å². The molecule has 3 nitrogen and oxygen atoms in total. The van der Waals surface area contributed by atoms with Gasteiger partial charge in [0.15, 0.2) is 0 Å². The molecule has 0 aliphatic carbocycles. The molecule has 3 aliphatic heterocycles. The molecule has 0 aromatic heterocycles. The third-order valence-electron chi connectivity index (χ3n) is 0.931. The first-order chi connectivity index (χ1) is 2.79. The summed E-state index contributed by atoms with van der Waals surface area (Å²) in [4.78, 5) is 0. The second kappa shape index (κ2) is 0.604. The van der Waals surface area contributed by atoms with Crippen LogP contribution < -0.4 is 0 Å². The van der Waals surface area contributed by atoms with Gasteiger partial charge in [-0.25, -0.2) is 0 Å². The van der Waals surface area contributed by atoms with Gasteiger partial charge in [0.1, 0.15) is 0 Å². The molecule has 32 valence electrons. The Labute approximate surface area is 36.7 Å². The van der Waals surface area contributed by atoms with Gasteiger partial charge in [-0.15, -0.1) is 0 Å². The van der Waals surface area contributed by atoms with Crippen LogP contribution in [0.5, 0.6) is 0 Å². The monoisotopic (exact) mass is 102 g/mol. The molecule has 3 saturated heterocycles. The van der Waals surface area contributed by atoms with E-state index in [-0.39, 0.29) is 7.32 Å². The van der Waals surface area contributed by atoms with Crippen LogP contribution in [0.1, 0.15) is 0 Å². The third kappa shape index (κ3) is 0.181. The van der Waals surface area contributed by atoms with Gasteiger partial charge >= 0.3 is 16.1 Å². The van der Waals surface area contributed by atoms with Crippen LogP contribution >= 0.6 is 0 Å². The van der Waals surface area contributed by atoms with Gasteiger partial charge in [-0.05, 0) is 0 Å². The summed E-state index contributed by atoms with van der Waals surface area (Å²) >= 11 is 0. The Kier molecular flexibility index (Phi) is 0.322. The first-order valence-corrected chi connectivity index (χ1v) is 4.04. The molecule has 2 bridgehead atoms. The molecule has 0 spiro atoms. The van der Waals surface area contributed by atoms with E-state index in [4.69, 9.17) is 13.0 Å². The Balaban J connectivity index is 2.19. The highest BCUT2D eigenvalue weighted by molar-refractivity contribution is 6.92. The standard InChI is InChI=1S/CH3BO3Si/c1-6-3-2(4-6)5-6/h1H3. The third-order valence-corrected chi connectivity index (χ3v) is 2.79. The van der Waals surface area contributed by atoms with Gasteiger partial charge < -0.3 is 13.0 Å². The second-order valence-corrected chi connectivity index (χ2v) is 3.94. The van der Waals surface area contributed by atoms with Gasteiger partial charge in [0.05, 0.1) is 0 Å². The molecule has 3 fully saturated rings.